The van der Waals surface area contributed by atoms with E-state index in [-0.39, 0.29) is 5.95 Å². The monoisotopic (exact) mass is 326 g/mol. The summed E-state index contributed by atoms with van der Waals surface area (Å²) in [5, 5.41) is 0. The first kappa shape index (κ1) is 16.9. The van der Waals surface area contributed by atoms with Gasteiger partial charge in [0.2, 0.25) is 5.95 Å². The van der Waals surface area contributed by atoms with E-state index < -0.39 is 42.2 Å². The number of esters is 2. The lowest BCUT2D eigenvalue weighted by Crippen LogP contribution is -2.41. The first-order chi connectivity index (χ1) is 10.8. The van der Waals surface area contributed by atoms with Crippen LogP contribution < -0.4 is 11.4 Å². The Hall–Kier alpha value is -2.49. The summed E-state index contributed by atoms with van der Waals surface area (Å²) >= 11 is 0. The molecule has 2 N–H and O–H groups in total. The van der Waals surface area contributed by atoms with Crippen LogP contribution in [0.4, 0.5) is 5.95 Å². The molecule has 1 aromatic heterocycles. The summed E-state index contributed by atoms with van der Waals surface area (Å²) in [5.74, 6) is -1.32. The molecule has 1 fully saturated rings. The number of aromatic nitrogens is 3. The number of nitrogen functional groups attached to an aromatic ring is 1. The predicted molar refractivity (Wildman–Crippen MR) is 76.0 cm³/mol. The molecule has 0 spiro atoms. The van der Waals surface area contributed by atoms with Crippen LogP contribution in [-0.4, -0.2) is 44.8 Å². The van der Waals surface area contributed by atoms with Gasteiger partial charge in [-0.2, -0.15) is 4.98 Å². The van der Waals surface area contributed by atoms with E-state index in [0.29, 0.717) is 6.42 Å². The molecule has 10 heteroatoms. The molecule has 1 aliphatic rings. The van der Waals surface area contributed by atoms with Gasteiger partial charge in [-0.3, -0.25) is 14.2 Å². The fraction of sp³-hybridized carbons (Fsp3) is 0.615. The van der Waals surface area contributed by atoms with Gasteiger partial charge in [0.15, 0.2) is 18.4 Å². The molecule has 2 rings (SSSR count). The van der Waals surface area contributed by atoms with E-state index in [1.54, 1.807) is 0 Å². The fourth-order valence-electron chi connectivity index (χ4n) is 2.44. The van der Waals surface area contributed by atoms with Gasteiger partial charge in [0.05, 0.1) is 0 Å². The van der Waals surface area contributed by atoms with Crippen LogP contribution in [0.1, 0.15) is 33.4 Å². The van der Waals surface area contributed by atoms with Crippen molar-refractivity contribution in [2.75, 3.05) is 5.73 Å². The standard InChI is InChI=1S/C13H18N4O6/c1-4-8-9(21-6(2)18)10(22-7(3)19)11(23-8)17-5-15-12(14)16-13(17)20/h5,8-11H,4H2,1-3H3,(H2,14,16,20)/t8-,9+,10?,11-/m1/s1. The molecule has 0 aromatic carbocycles. The van der Waals surface area contributed by atoms with Crippen LogP contribution in [0.3, 0.4) is 0 Å². The van der Waals surface area contributed by atoms with Gasteiger partial charge in [0, 0.05) is 13.8 Å². The first-order valence-corrected chi connectivity index (χ1v) is 7.04. The van der Waals surface area contributed by atoms with E-state index in [9.17, 15) is 14.4 Å². The third kappa shape index (κ3) is 3.65. The maximum Gasteiger partial charge on any atom is 0.354 e. The summed E-state index contributed by atoms with van der Waals surface area (Å²) in [6, 6.07) is 0. The summed E-state index contributed by atoms with van der Waals surface area (Å²) in [6.07, 6.45) is -1.76. The molecule has 4 atom stereocenters. The summed E-state index contributed by atoms with van der Waals surface area (Å²) in [6.45, 7) is 4.27. The smallest absolute Gasteiger partial charge is 0.354 e. The second kappa shape index (κ2) is 6.73. The molecule has 1 unspecified atom stereocenters. The van der Waals surface area contributed by atoms with Gasteiger partial charge in [0.1, 0.15) is 12.4 Å². The number of carbonyl (C=O) groups is 2. The summed E-state index contributed by atoms with van der Waals surface area (Å²) in [4.78, 5) is 41.9. The molecule has 0 bridgehead atoms. The number of hydrogen-bond donors (Lipinski definition) is 1. The Kier molecular flexibility index (Phi) is 4.94. The SMILES string of the molecule is CC[C@H]1O[C@@H](n2cnc(N)nc2=O)C(OC(C)=O)[C@H]1OC(C)=O. The van der Waals surface area contributed by atoms with Crippen LogP contribution in [0.15, 0.2) is 11.1 Å². The van der Waals surface area contributed by atoms with Gasteiger partial charge in [-0.15, -0.1) is 0 Å². The zero-order valence-electron chi connectivity index (χ0n) is 13.0. The molecule has 10 nitrogen and oxygen atoms in total. The van der Waals surface area contributed by atoms with E-state index >= 15 is 0 Å². The number of nitrogens with zero attached hydrogens (tertiary/aromatic N) is 3. The van der Waals surface area contributed by atoms with Crippen LogP contribution in [0.25, 0.3) is 0 Å². The highest BCUT2D eigenvalue weighted by atomic mass is 16.6. The van der Waals surface area contributed by atoms with Crippen molar-refractivity contribution in [3.05, 3.63) is 16.8 Å². The van der Waals surface area contributed by atoms with E-state index in [4.69, 9.17) is 19.9 Å². The van der Waals surface area contributed by atoms with Gasteiger partial charge >= 0.3 is 17.6 Å². The number of rotatable bonds is 4. The second-order valence-electron chi connectivity index (χ2n) is 5.03. The minimum absolute atomic E-state index is 0.183. The van der Waals surface area contributed by atoms with Crippen LogP contribution >= 0.6 is 0 Å². The Morgan fingerprint density at radius 2 is 1.91 bits per heavy atom. The van der Waals surface area contributed by atoms with Gasteiger partial charge in [-0.05, 0) is 6.42 Å². The fourth-order valence-corrected chi connectivity index (χ4v) is 2.44. The largest absolute Gasteiger partial charge is 0.456 e. The predicted octanol–water partition coefficient (Wildman–Crippen LogP) is -0.609. The Balaban J connectivity index is 2.41. The number of nitrogens with two attached hydrogens (primary N) is 1. The normalized spacial score (nSPS) is 26.7. The minimum atomic E-state index is -1.01. The highest BCUT2D eigenvalue weighted by molar-refractivity contribution is 5.67. The summed E-state index contributed by atoms with van der Waals surface area (Å²) < 4.78 is 17.2. The van der Waals surface area contributed by atoms with Crippen molar-refractivity contribution in [2.45, 2.75) is 51.7 Å². The molecule has 0 saturated carbocycles. The molecule has 23 heavy (non-hydrogen) atoms. The van der Waals surface area contributed by atoms with Gasteiger partial charge in [-0.1, -0.05) is 6.92 Å². The highest BCUT2D eigenvalue weighted by Gasteiger charge is 2.49. The van der Waals surface area contributed by atoms with E-state index in [2.05, 4.69) is 9.97 Å². The van der Waals surface area contributed by atoms with Crippen LogP contribution in [0.2, 0.25) is 0 Å². The van der Waals surface area contributed by atoms with Crippen molar-refractivity contribution in [3.8, 4) is 0 Å². The second-order valence-corrected chi connectivity index (χ2v) is 5.03. The molecule has 0 radical (unpaired) electrons. The molecule has 1 saturated heterocycles. The number of anilines is 1. The van der Waals surface area contributed by atoms with Gasteiger partial charge in [-0.25, -0.2) is 9.78 Å². The lowest BCUT2D eigenvalue weighted by molar-refractivity contribution is -0.165. The lowest BCUT2D eigenvalue weighted by Gasteiger charge is -2.23. The molecule has 1 aromatic rings. The highest BCUT2D eigenvalue weighted by Crippen LogP contribution is 2.34. The molecule has 0 aliphatic carbocycles. The van der Waals surface area contributed by atoms with Gasteiger partial charge < -0.3 is 19.9 Å². The van der Waals surface area contributed by atoms with Crippen molar-refractivity contribution in [1.82, 2.24) is 14.5 Å². The van der Waals surface area contributed by atoms with E-state index in [1.807, 2.05) is 6.92 Å². The number of ether oxygens (including phenoxy) is 3. The average Bonchev–Trinajstić information content (AvgIpc) is 2.76. The van der Waals surface area contributed by atoms with Crippen molar-refractivity contribution in [1.29, 1.82) is 0 Å². The zero-order chi connectivity index (χ0) is 17.1. The van der Waals surface area contributed by atoms with Crippen molar-refractivity contribution >= 4 is 17.9 Å². The number of hydrogen-bond acceptors (Lipinski definition) is 9. The zero-order valence-corrected chi connectivity index (χ0v) is 13.0. The summed E-state index contributed by atoms with van der Waals surface area (Å²) in [5.41, 5.74) is 4.65. The van der Waals surface area contributed by atoms with Crippen LogP contribution in [0, 0.1) is 0 Å². The Morgan fingerprint density at radius 1 is 1.30 bits per heavy atom. The van der Waals surface area contributed by atoms with Gasteiger partial charge in [0.25, 0.3) is 0 Å². The molecule has 0 amide bonds. The minimum Gasteiger partial charge on any atom is -0.456 e. The quantitative estimate of drug-likeness (QED) is 0.718. The van der Waals surface area contributed by atoms with E-state index in [0.717, 1.165) is 10.9 Å². The van der Waals surface area contributed by atoms with E-state index in [1.165, 1.54) is 13.8 Å². The maximum absolute atomic E-state index is 12.0. The molecule has 126 valence electrons. The maximum atomic E-state index is 12.0. The first-order valence-electron chi connectivity index (χ1n) is 7.04. The molecule has 1 aliphatic heterocycles. The third-order valence-electron chi connectivity index (χ3n) is 3.31. The summed E-state index contributed by atoms with van der Waals surface area (Å²) in [7, 11) is 0. The Morgan fingerprint density at radius 3 is 2.43 bits per heavy atom. The van der Waals surface area contributed by atoms with Crippen molar-refractivity contribution < 1.29 is 23.8 Å². The van der Waals surface area contributed by atoms with Crippen LogP contribution in [-0.2, 0) is 23.8 Å². The molecular weight excluding hydrogens is 308 g/mol. The van der Waals surface area contributed by atoms with Crippen molar-refractivity contribution in [3.63, 3.8) is 0 Å². The molecular formula is C13H18N4O6. The van der Waals surface area contributed by atoms with Crippen LogP contribution in [0.5, 0.6) is 0 Å². The van der Waals surface area contributed by atoms with Crippen molar-refractivity contribution in [2.24, 2.45) is 0 Å². The third-order valence-corrected chi connectivity index (χ3v) is 3.31. The Bertz CT molecular complexity index is 660. The topological polar surface area (TPSA) is 136 Å². The lowest BCUT2D eigenvalue weighted by atomic mass is 10.1. The average molecular weight is 326 g/mol. The Labute approximate surface area is 131 Å². The number of carbonyl (C=O) groups excluding carboxylic acids is 2. The molecule has 2 heterocycles.